The smallest absolute Gasteiger partial charge is 0.224 e. The van der Waals surface area contributed by atoms with Crippen LogP contribution in [-0.4, -0.2) is 15.0 Å². The van der Waals surface area contributed by atoms with E-state index >= 15 is 0 Å². The maximum atomic E-state index is 6.08. The van der Waals surface area contributed by atoms with Crippen LogP contribution in [0.15, 0.2) is 48.9 Å². The highest BCUT2D eigenvalue weighted by atomic mass is 35.5. The summed E-state index contributed by atoms with van der Waals surface area (Å²) in [4.78, 5) is 12.0. The van der Waals surface area contributed by atoms with Gasteiger partial charge < -0.3 is 11.1 Å². The van der Waals surface area contributed by atoms with E-state index in [1.54, 1.807) is 6.20 Å². The predicted molar refractivity (Wildman–Crippen MR) is 112 cm³/mol. The average molecular weight is 433 g/mol. The fourth-order valence-electron chi connectivity index (χ4n) is 2.31. The number of anilines is 3. The van der Waals surface area contributed by atoms with Crippen molar-refractivity contribution >= 4 is 65.2 Å². The van der Waals surface area contributed by atoms with E-state index in [0.717, 1.165) is 24.1 Å². The average Bonchev–Trinajstić information content (AvgIpc) is 2.57. The molecule has 0 bridgehead atoms. The first-order chi connectivity index (χ1) is 11.6. The first-order valence-electron chi connectivity index (χ1n) is 7.33. The van der Waals surface area contributed by atoms with E-state index in [0.29, 0.717) is 16.5 Å². The second-order valence-corrected chi connectivity index (χ2v) is 6.03. The van der Waals surface area contributed by atoms with Crippen molar-refractivity contribution in [3.63, 3.8) is 0 Å². The van der Waals surface area contributed by atoms with Gasteiger partial charge in [0.1, 0.15) is 5.02 Å². The topological polar surface area (TPSA) is 76.7 Å². The SMILES string of the molecule is Cl.Cl.Nc1cncc(CCc2cccc(Nc3nc(Cl)ncc3Cl)c2)c1. The fourth-order valence-corrected chi connectivity index (χ4v) is 2.58. The summed E-state index contributed by atoms with van der Waals surface area (Å²) in [5.41, 5.74) is 9.61. The Morgan fingerprint density at radius 1 is 0.962 bits per heavy atom. The molecule has 0 atom stereocenters. The van der Waals surface area contributed by atoms with Crippen molar-refractivity contribution in [3.05, 3.63) is 70.4 Å². The molecular weight excluding hydrogens is 416 g/mol. The lowest BCUT2D eigenvalue weighted by Crippen LogP contribution is -1.98. The van der Waals surface area contributed by atoms with Gasteiger partial charge in [-0.2, -0.15) is 4.98 Å². The number of hydrogen-bond acceptors (Lipinski definition) is 5. The quantitative estimate of drug-likeness (QED) is 0.546. The lowest BCUT2D eigenvalue weighted by molar-refractivity contribution is 0.951. The third kappa shape index (κ3) is 6.18. The third-order valence-corrected chi connectivity index (χ3v) is 3.88. The molecule has 9 heteroatoms. The Bertz CT molecular complexity index is 860. The number of nitrogens with two attached hydrogens (primary N) is 1. The molecule has 26 heavy (non-hydrogen) atoms. The first kappa shape index (κ1) is 22.3. The van der Waals surface area contributed by atoms with Gasteiger partial charge in [0.2, 0.25) is 5.28 Å². The summed E-state index contributed by atoms with van der Waals surface area (Å²) in [6.45, 7) is 0. The zero-order valence-electron chi connectivity index (χ0n) is 13.5. The number of nitrogens with one attached hydrogen (secondary N) is 1. The van der Waals surface area contributed by atoms with Crippen molar-refractivity contribution in [2.24, 2.45) is 0 Å². The van der Waals surface area contributed by atoms with Gasteiger partial charge in [-0.1, -0.05) is 23.7 Å². The fraction of sp³-hybridized carbons (Fsp3) is 0.118. The summed E-state index contributed by atoms with van der Waals surface area (Å²) in [6.07, 6.45) is 6.68. The van der Waals surface area contributed by atoms with Gasteiger partial charge in [-0.05, 0) is 53.8 Å². The highest BCUT2D eigenvalue weighted by Gasteiger charge is 2.05. The van der Waals surface area contributed by atoms with Gasteiger partial charge in [0, 0.05) is 18.1 Å². The molecule has 0 aliphatic carbocycles. The maximum Gasteiger partial charge on any atom is 0.224 e. The summed E-state index contributed by atoms with van der Waals surface area (Å²) < 4.78 is 0. The number of aromatic nitrogens is 3. The van der Waals surface area contributed by atoms with Crippen LogP contribution in [0, 0.1) is 0 Å². The van der Waals surface area contributed by atoms with Crippen molar-refractivity contribution < 1.29 is 0 Å². The van der Waals surface area contributed by atoms with Crippen LogP contribution in [0.25, 0.3) is 0 Å². The largest absolute Gasteiger partial charge is 0.397 e. The van der Waals surface area contributed by atoms with Gasteiger partial charge in [0.15, 0.2) is 5.82 Å². The minimum atomic E-state index is 0. The number of benzene rings is 1. The van der Waals surface area contributed by atoms with E-state index in [9.17, 15) is 0 Å². The van der Waals surface area contributed by atoms with Crippen LogP contribution in [-0.2, 0) is 12.8 Å². The standard InChI is InChI=1S/C17H15Cl2N5.2ClH/c18-15-10-22-17(19)24-16(15)23-14-3-1-2-11(7-14)4-5-12-6-13(20)9-21-8-12;;/h1-3,6-10H,4-5,20H2,(H,22,23,24);2*1H. The van der Waals surface area contributed by atoms with E-state index < -0.39 is 0 Å². The molecule has 3 rings (SSSR count). The molecule has 0 aliphatic rings. The van der Waals surface area contributed by atoms with E-state index in [-0.39, 0.29) is 30.1 Å². The molecule has 0 radical (unpaired) electrons. The van der Waals surface area contributed by atoms with E-state index in [1.807, 2.05) is 30.5 Å². The van der Waals surface area contributed by atoms with Crippen molar-refractivity contribution in [2.75, 3.05) is 11.1 Å². The Morgan fingerprint density at radius 2 is 1.73 bits per heavy atom. The minimum Gasteiger partial charge on any atom is -0.397 e. The highest BCUT2D eigenvalue weighted by Crippen LogP contribution is 2.24. The van der Waals surface area contributed by atoms with Crippen molar-refractivity contribution in [2.45, 2.75) is 12.8 Å². The van der Waals surface area contributed by atoms with Gasteiger partial charge >= 0.3 is 0 Å². The predicted octanol–water partition coefficient (Wildman–Crippen LogP) is 5.13. The lowest BCUT2D eigenvalue weighted by Gasteiger charge is -2.09. The van der Waals surface area contributed by atoms with Crippen LogP contribution in [0.5, 0.6) is 0 Å². The minimum absolute atomic E-state index is 0. The van der Waals surface area contributed by atoms with Crippen molar-refractivity contribution in [3.8, 4) is 0 Å². The molecule has 0 amide bonds. The van der Waals surface area contributed by atoms with Crippen LogP contribution >= 0.6 is 48.0 Å². The van der Waals surface area contributed by atoms with Crippen LogP contribution < -0.4 is 11.1 Å². The number of hydrogen-bond donors (Lipinski definition) is 2. The molecular formula is C17H17Cl4N5. The first-order valence-corrected chi connectivity index (χ1v) is 8.09. The summed E-state index contributed by atoms with van der Waals surface area (Å²) in [6, 6.07) is 9.98. The van der Waals surface area contributed by atoms with Crippen LogP contribution in [0.1, 0.15) is 11.1 Å². The molecule has 0 saturated carbocycles. The Hall–Kier alpha value is -1.79. The van der Waals surface area contributed by atoms with Crippen molar-refractivity contribution in [1.82, 2.24) is 15.0 Å². The number of nitrogens with zero attached hydrogens (tertiary/aromatic N) is 3. The Kier molecular flexibility index (Phi) is 8.88. The van der Waals surface area contributed by atoms with Crippen LogP contribution in [0.2, 0.25) is 10.3 Å². The van der Waals surface area contributed by atoms with Gasteiger partial charge in [-0.25, -0.2) is 4.98 Å². The second-order valence-electron chi connectivity index (χ2n) is 5.29. The number of halogens is 4. The van der Waals surface area contributed by atoms with Gasteiger partial charge in [-0.15, -0.1) is 24.8 Å². The second kappa shape index (κ2) is 10.4. The Labute approximate surface area is 174 Å². The van der Waals surface area contributed by atoms with Gasteiger partial charge in [-0.3, -0.25) is 4.98 Å². The summed E-state index contributed by atoms with van der Waals surface area (Å²) in [5, 5.41) is 3.72. The van der Waals surface area contributed by atoms with E-state index in [4.69, 9.17) is 28.9 Å². The maximum absolute atomic E-state index is 6.08. The van der Waals surface area contributed by atoms with Crippen LogP contribution in [0.3, 0.4) is 0 Å². The Morgan fingerprint density at radius 3 is 2.50 bits per heavy atom. The summed E-state index contributed by atoms with van der Waals surface area (Å²) in [5.74, 6) is 0.480. The summed E-state index contributed by atoms with van der Waals surface area (Å²) >= 11 is 11.9. The van der Waals surface area contributed by atoms with Gasteiger partial charge in [0.25, 0.3) is 0 Å². The number of rotatable bonds is 5. The molecule has 0 aliphatic heterocycles. The summed E-state index contributed by atoms with van der Waals surface area (Å²) in [7, 11) is 0. The molecule has 2 aromatic heterocycles. The molecule has 0 unspecified atom stereocenters. The number of aryl methyl sites for hydroxylation is 2. The zero-order chi connectivity index (χ0) is 16.9. The molecule has 5 nitrogen and oxygen atoms in total. The molecule has 2 heterocycles. The van der Waals surface area contributed by atoms with E-state index in [1.165, 1.54) is 11.8 Å². The molecule has 1 aromatic carbocycles. The molecule has 0 spiro atoms. The van der Waals surface area contributed by atoms with Gasteiger partial charge in [0.05, 0.1) is 11.9 Å². The molecule has 3 N–H and O–H groups in total. The zero-order valence-corrected chi connectivity index (χ0v) is 16.7. The lowest BCUT2D eigenvalue weighted by atomic mass is 10.0. The molecule has 138 valence electrons. The number of pyridine rings is 1. The van der Waals surface area contributed by atoms with E-state index in [2.05, 4.69) is 26.3 Å². The third-order valence-electron chi connectivity index (χ3n) is 3.42. The molecule has 0 saturated heterocycles. The number of nitrogen functional groups attached to an aromatic ring is 1. The van der Waals surface area contributed by atoms with Crippen molar-refractivity contribution in [1.29, 1.82) is 0 Å². The molecule has 3 aromatic rings. The highest BCUT2D eigenvalue weighted by molar-refractivity contribution is 6.33. The Balaban J connectivity index is 0.00000169. The monoisotopic (exact) mass is 431 g/mol. The molecule has 0 fully saturated rings. The van der Waals surface area contributed by atoms with Crippen LogP contribution in [0.4, 0.5) is 17.2 Å². The normalized spacial score (nSPS) is 9.77.